The molecule has 0 amide bonds. The van der Waals surface area contributed by atoms with E-state index in [9.17, 15) is 0 Å². The Kier molecular flexibility index (Phi) is 3.50. The molecular formula is C20H16N2O2. The third-order valence-electron chi connectivity index (χ3n) is 4.16. The summed E-state index contributed by atoms with van der Waals surface area (Å²) in [6.45, 7) is 0. The maximum Gasteiger partial charge on any atom is 0.161 e. The maximum atomic E-state index is 5.47. The Hall–Kier alpha value is -3.14. The van der Waals surface area contributed by atoms with Gasteiger partial charge in [-0.2, -0.15) is 0 Å². The summed E-state index contributed by atoms with van der Waals surface area (Å²) in [6, 6.07) is 12.0. The molecule has 4 rings (SSSR count). The van der Waals surface area contributed by atoms with Gasteiger partial charge in [0.2, 0.25) is 0 Å². The molecule has 0 aromatic heterocycles. The minimum atomic E-state index is 0.689. The van der Waals surface area contributed by atoms with E-state index < -0.39 is 0 Å². The van der Waals surface area contributed by atoms with Gasteiger partial charge in [0.1, 0.15) is 0 Å². The van der Waals surface area contributed by atoms with Crippen LogP contribution in [0.2, 0.25) is 0 Å². The Balaban J connectivity index is 1.98. The van der Waals surface area contributed by atoms with Gasteiger partial charge in [0.05, 0.1) is 19.9 Å². The Morgan fingerprint density at radius 2 is 1.67 bits per heavy atom. The van der Waals surface area contributed by atoms with E-state index in [0.29, 0.717) is 11.5 Å². The first kappa shape index (κ1) is 14.5. The van der Waals surface area contributed by atoms with Gasteiger partial charge in [0.15, 0.2) is 11.5 Å². The lowest BCUT2D eigenvalue weighted by molar-refractivity contribution is 0.355. The molecule has 118 valence electrons. The summed E-state index contributed by atoms with van der Waals surface area (Å²) < 4.78 is 10.9. The lowest BCUT2D eigenvalue weighted by Gasteiger charge is -2.14. The Morgan fingerprint density at radius 1 is 0.875 bits per heavy atom. The zero-order chi connectivity index (χ0) is 16.5. The molecule has 0 unspecified atom stereocenters. The van der Waals surface area contributed by atoms with Gasteiger partial charge in [-0.1, -0.05) is 18.2 Å². The van der Waals surface area contributed by atoms with Crippen molar-refractivity contribution in [3.05, 3.63) is 64.9 Å². The average molecular weight is 316 g/mol. The summed E-state index contributed by atoms with van der Waals surface area (Å²) in [6.07, 6.45) is 7.67. The van der Waals surface area contributed by atoms with Crippen LogP contribution in [0.1, 0.15) is 16.7 Å². The van der Waals surface area contributed by atoms with Crippen LogP contribution >= 0.6 is 0 Å². The van der Waals surface area contributed by atoms with Crippen molar-refractivity contribution in [1.29, 1.82) is 0 Å². The van der Waals surface area contributed by atoms with Gasteiger partial charge in [-0.05, 0) is 35.4 Å². The van der Waals surface area contributed by atoms with Crippen molar-refractivity contribution in [1.82, 2.24) is 0 Å². The van der Waals surface area contributed by atoms with E-state index in [-0.39, 0.29) is 0 Å². The molecular weight excluding hydrogens is 300 g/mol. The molecule has 2 aromatic rings. The number of methoxy groups -OCH3 is 2. The number of benzene rings is 2. The molecule has 2 aromatic carbocycles. The van der Waals surface area contributed by atoms with E-state index in [1.54, 1.807) is 14.2 Å². The molecule has 0 fully saturated rings. The van der Waals surface area contributed by atoms with Crippen LogP contribution in [0.4, 0.5) is 5.69 Å². The summed E-state index contributed by atoms with van der Waals surface area (Å²) in [4.78, 5) is 9.00. The first-order chi connectivity index (χ1) is 11.8. The standard InChI is InChI=1S/C20H16N2O2/c1-23-19-8-14-10-21-11-15-12-22-18-6-4-3-5-13(18)7-16(15)17(14)9-20(19)24-2/h3-12H,1-2H3. The predicted molar refractivity (Wildman–Crippen MR) is 97.7 cm³/mol. The van der Waals surface area contributed by atoms with Crippen LogP contribution in [0.25, 0.3) is 11.6 Å². The second-order valence-electron chi connectivity index (χ2n) is 5.53. The number of ether oxygens (including phenoxy) is 2. The van der Waals surface area contributed by atoms with Gasteiger partial charge in [-0.15, -0.1) is 0 Å². The van der Waals surface area contributed by atoms with E-state index in [2.05, 4.69) is 22.1 Å². The van der Waals surface area contributed by atoms with E-state index in [4.69, 9.17) is 9.47 Å². The molecule has 4 nitrogen and oxygen atoms in total. The minimum absolute atomic E-state index is 0.689. The van der Waals surface area contributed by atoms with Crippen LogP contribution in [-0.2, 0) is 0 Å². The van der Waals surface area contributed by atoms with Gasteiger partial charge >= 0.3 is 0 Å². The van der Waals surface area contributed by atoms with E-state index in [0.717, 1.165) is 33.5 Å². The highest BCUT2D eigenvalue weighted by atomic mass is 16.5. The van der Waals surface area contributed by atoms with Crippen LogP contribution < -0.4 is 9.47 Å². The minimum Gasteiger partial charge on any atom is -0.493 e. The summed E-state index contributed by atoms with van der Waals surface area (Å²) in [5.41, 5.74) is 6.09. The number of rotatable bonds is 2. The molecule has 0 aliphatic carbocycles. The molecule has 2 heterocycles. The fraction of sp³-hybridized carbons (Fsp3) is 0.100. The van der Waals surface area contributed by atoms with Crippen LogP contribution in [-0.4, -0.2) is 26.6 Å². The van der Waals surface area contributed by atoms with Crippen molar-refractivity contribution >= 4 is 29.8 Å². The largest absolute Gasteiger partial charge is 0.493 e. The van der Waals surface area contributed by atoms with Crippen LogP contribution in [0.3, 0.4) is 0 Å². The highest BCUT2D eigenvalue weighted by molar-refractivity contribution is 6.12. The second kappa shape index (κ2) is 5.81. The SMILES string of the molecule is COc1cc2c(cc1OC)C1=Cc3ccccc3N=CC1=CN=C2. The second-order valence-corrected chi connectivity index (χ2v) is 5.53. The number of nitrogens with zero attached hydrogens (tertiary/aromatic N) is 2. The Bertz CT molecular complexity index is 937. The number of fused-ring (bicyclic) bond motifs is 4. The molecule has 24 heavy (non-hydrogen) atoms. The lowest BCUT2D eigenvalue weighted by atomic mass is 9.93. The monoisotopic (exact) mass is 316 g/mol. The Labute approximate surface area is 140 Å². The molecule has 0 atom stereocenters. The first-order valence-corrected chi connectivity index (χ1v) is 7.65. The first-order valence-electron chi connectivity index (χ1n) is 7.65. The maximum absolute atomic E-state index is 5.47. The van der Waals surface area contributed by atoms with Crippen LogP contribution in [0.5, 0.6) is 11.5 Å². The highest BCUT2D eigenvalue weighted by Crippen LogP contribution is 2.39. The van der Waals surface area contributed by atoms with Gasteiger partial charge in [0, 0.05) is 35.3 Å². The highest BCUT2D eigenvalue weighted by Gasteiger charge is 2.19. The van der Waals surface area contributed by atoms with Crippen molar-refractivity contribution in [2.45, 2.75) is 0 Å². The van der Waals surface area contributed by atoms with Crippen molar-refractivity contribution in [3.63, 3.8) is 0 Å². The number of hydrogen-bond acceptors (Lipinski definition) is 4. The van der Waals surface area contributed by atoms with Crippen molar-refractivity contribution in [2.75, 3.05) is 14.2 Å². The number of allylic oxidation sites excluding steroid dienone is 2. The third kappa shape index (κ3) is 2.33. The van der Waals surface area contributed by atoms with Gasteiger partial charge < -0.3 is 9.47 Å². The lowest BCUT2D eigenvalue weighted by Crippen LogP contribution is -1.98. The third-order valence-corrected chi connectivity index (χ3v) is 4.16. The predicted octanol–water partition coefficient (Wildman–Crippen LogP) is 4.28. The molecule has 2 aliphatic heterocycles. The van der Waals surface area contributed by atoms with E-state index in [1.807, 2.05) is 49.0 Å². The van der Waals surface area contributed by atoms with E-state index in [1.165, 1.54) is 0 Å². The molecule has 0 spiro atoms. The molecule has 4 heteroatoms. The van der Waals surface area contributed by atoms with E-state index >= 15 is 0 Å². The van der Waals surface area contributed by atoms with Gasteiger partial charge in [-0.25, -0.2) is 0 Å². The smallest absolute Gasteiger partial charge is 0.161 e. The molecule has 0 saturated carbocycles. The molecule has 0 N–H and O–H groups in total. The van der Waals surface area contributed by atoms with Crippen LogP contribution in [0.15, 0.2) is 58.2 Å². The topological polar surface area (TPSA) is 43.2 Å². The number of para-hydroxylation sites is 1. The average Bonchev–Trinajstić information content (AvgIpc) is 2.90. The fourth-order valence-electron chi connectivity index (χ4n) is 2.94. The summed E-state index contributed by atoms with van der Waals surface area (Å²) in [5.74, 6) is 1.38. The van der Waals surface area contributed by atoms with Crippen LogP contribution in [0, 0.1) is 0 Å². The van der Waals surface area contributed by atoms with Gasteiger partial charge in [0.25, 0.3) is 0 Å². The number of hydrogen-bond donors (Lipinski definition) is 0. The van der Waals surface area contributed by atoms with Crippen molar-refractivity contribution < 1.29 is 9.47 Å². The Morgan fingerprint density at radius 3 is 2.50 bits per heavy atom. The molecule has 2 aliphatic rings. The quantitative estimate of drug-likeness (QED) is 0.830. The summed E-state index contributed by atoms with van der Waals surface area (Å²) in [5, 5.41) is 0. The fourth-order valence-corrected chi connectivity index (χ4v) is 2.94. The zero-order valence-corrected chi connectivity index (χ0v) is 13.5. The molecule has 0 saturated heterocycles. The van der Waals surface area contributed by atoms with Crippen molar-refractivity contribution in [2.24, 2.45) is 9.98 Å². The van der Waals surface area contributed by atoms with Crippen molar-refractivity contribution in [3.8, 4) is 11.5 Å². The summed E-state index contributed by atoms with van der Waals surface area (Å²) in [7, 11) is 3.28. The molecule has 0 radical (unpaired) electrons. The normalized spacial score (nSPS) is 14.4. The summed E-state index contributed by atoms with van der Waals surface area (Å²) >= 11 is 0. The molecule has 0 bridgehead atoms. The van der Waals surface area contributed by atoms with Gasteiger partial charge in [-0.3, -0.25) is 9.98 Å². The zero-order valence-electron chi connectivity index (χ0n) is 13.5. The number of aliphatic imine (C=N–C) groups is 2.